The molecule has 2 amide bonds. The zero-order valence-electron chi connectivity index (χ0n) is 18.1. The third-order valence-electron chi connectivity index (χ3n) is 4.40. The maximum atomic E-state index is 12.0. The summed E-state index contributed by atoms with van der Waals surface area (Å²) in [6.07, 6.45) is 4.73. The number of carbonyl (C=O) groups excluding carboxylic acids is 2. The lowest BCUT2D eigenvalue weighted by Gasteiger charge is -2.30. The Bertz CT molecular complexity index is 587. The van der Waals surface area contributed by atoms with E-state index in [0.29, 0.717) is 17.6 Å². The summed E-state index contributed by atoms with van der Waals surface area (Å²) < 4.78 is 6.22. The largest absolute Gasteiger partial charge is 0.550 e. The zero-order chi connectivity index (χ0) is 21.5. The molecule has 7 nitrogen and oxygen atoms in total. The van der Waals surface area contributed by atoms with Crippen LogP contribution in [0.3, 0.4) is 0 Å². The van der Waals surface area contributed by atoms with Gasteiger partial charge in [-0.1, -0.05) is 43.2 Å². The second-order valence-electron chi connectivity index (χ2n) is 8.41. The van der Waals surface area contributed by atoms with Gasteiger partial charge in [0.25, 0.3) is 0 Å². The minimum Gasteiger partial charge on any atom is -0.550 e. The number of amides is 2. The highest BCUT2D eigenvalue weighted by atomic mass is 16.5. The highest BCUT2D eigenvalue weighted by molar-refractivity contribution is 5.75. The van der Waals surface area contributed by atoms with E-state index in [9.17, 15) is 14.7 Å². The fourth-order valence-corrected chi connectivity index (χ4v) is 3.08. The second-order valence-corrected chi connectivity index (χ2v) is 8.41. The molecule has 1 aromatic rings. The van der Waals surface area contributed by atoms with E-state index in [4.69, 9.17) is 4.74 Å². The molecule has 0 fully saturated rings. The molecule has 0 spiro atoms. The standard InChI is InChI=1S/C22H37N3O4/c1-25(2,3)18-20(17-21(26)27)24-22(28)23-14-9-4-5-10-15-29-16-13-19-11-7-6-8-12-19/h6-8,11-12,20H,4-5,9-10,13-18H2,1-3H3,(H2-,23,24,26,27,28). The van der Waals surface area contributed by atoms with Crippen molar-refractivity contribution in [2.45, 2.75) is 44.6 Å². The van der Waals surface area contributed by atoms with Crippen LogP contribution in [0.1, 0.15) is 37.7 Å². The number of nitrogens with one attached hydrogen (secondary N) is 2. The Labute approximate surface area is 175 Å². The number of urea groups is 1. The van der Waals surface area contributed by atoms with Crippen LogP contribution in [0.5, 0.6) is 0 Å². The molecule has 0 radical (unpaired) electrons. The highest BCUT2D eigenvalue weighted by Crippen LogP contribution is 2.03. The number of quaternary nitrogens is 1. The number of carboxylic acids is 1. The van der Waals surface area contributed by atoms with Crippen molar-refractivity contribution < 1.29 is 23.9 Å². The van der Waals surface area contributed by atoms with Gasteiger partial charge in [-0.15, -0.1) is 0 Å². The van der Waals surface area contributed by atoms with Gasteiger partial charge in [0.1, 0.15) is 0 Å². The molecule has 0 aliphatic rings. The number of hydrogen-bond acceptors (Lipinski definition) is 4. The lowest BCUT2D eigenvalue weighted by Crippen LogP contribution is -2.53. The van der Waals surface area contributed by atoms with E-state index in [1.165, 1.54) is 5.56 Å². The number of nitrogens with zero attached hydrogens (tertiary/aromatic N) is 1. The van der Waals surface area contributed by atoms with Crippen molar-refractivity contribution in [3.63, 3.8) is 0 Å². The van der Waals surface area contributed by atoms with Crippen molar-refractivity contribution in [3.8, 4) is 0 Å². The Morgan fingerprint density at radius 3 is 2.38 bits per heavy atom. The van der Waals surface area contributed by atoms with Gasteiger partial charge in [-0.2, -0.15) is 0 Å². The summed E-state index contributed by atoms with van der Waals surface area (Å²) in [7, 11) is 5.85. The van der Waals surface area contributed by atoms with E-state index < -0.39 is 12.0 Å². The van der Waals surface area contributed by atoms with Gasteiger partial charge in [0.2, 0.25) is 0 Å². The van der Waals surface area contributed by atoms with E-state index >= 15 is 0 Å². The van der Waals surface area contributed by atoms with Crippen LogP contribution in [0, 0.1) is 0 Å². The first-order valence-corrected chi connectivity index (χ1v) is 10.4. The van der Waals surface area contributed by atoms with Crippen LogP contribution in [0.2, 0.25) is 0 Å². The van der Waals surface area contributed by atoms with Gasteiger partial charge in [-0.25, -0.2) is 4.79 Å². The molecule has 7 heteroatoms. The maximum Gasteiger partial charge on any atom is 0.315 e. The Kier molecular flexibility index (Phi) is 12.0. The summed E-state index contributed by atoms with van der Waals surface area (Å²) in [5.74, 6) is -1.16. The predicted octanol–water partition coefficient (Wildman–Crippen LogP) is 1.32. The number of hydrogen-bond donors (Lipinski definition) is 2. The fraction of sp³-hybridized carbons (Fsp3) is 0.636. The first-order chi connectivity index (χ1) is 13.8. The Morgan fingerprint density at radius 1 is 1.03 bits per heavy atom. The lowest BCUT2D eigenvalue weighted by atomic mass is 10.2. The van der Waals surface area contributed by atoms with Crippen LogP contribution in [0.25, 0.3) is 0 Å². The molecule has 0 saturated heterocycles. The number of unbranched alkanes of at least 4 members (excludes halogenated alkanes) is 3. The Balaban J connectivity index is 2.02. The van der Waals surface area contributed by atoms with E-state index in [2.05, 4.69) is 22.8 Å². The third-order valence-corrected chi connectivity index (χ3v) is 4.40. The quantitative estimate of drug-likeness (QED) is 0.339. The molecular formula is C22H37N3O4. The van der Waals surface area contributed by atoms with Crippen molar-refractivity contribution in [1.29, 1.82) is 0 Å². The molecule has 0 heterocycles. The first kappa shape index (κ1) is 24.9. The molecule has 0 aliphatic heterocycles. The van der Waals surface area contributed by atoms with Gasteiger partial charge >= 0.3 is 6.03 Å². The Hall–Kier alpha value is -2.12. The smallest absolute Gasteiger partial charge is 0.315 e. The van der Waals surface area contributed by atoms with Gasteiger partial charge in [-0.3, -0.25) is 0 Å². The second kappa shape index (κ2) is 14.0. The van der Waals surface area contributed by atoms with E-state index in [1.807, 2.05) is 39.3 Å². The number of ether oxygens (including phenoxy) is 1. The molecule has 1 unspecified atom stereocenters. The minimum atomic E-state index is -1.16. The molecule has 0 bridgehead atoms. The summed E-state index contributed by atoms with van der Waals surface area (Å²) in [6.45, 7) is 2.59. The van der Waals surface area contributed by atoms with Crippen LogP contribution in [-0.2, 0) is 16.0 Å². The summed E-state index contributed by atoms with van der Waals surface area (Å²) in [6, 6.07) is 9.53. The van der Waals surface area contributed by atoms with Gasteiger partial charge in [0.05, 0.1) is 40.3 Å². The lowest BCUT2D eigenvalue weighted by molar-refractivity contribution is -0.871. The van der Waals surface area contributed by atoms with Gasteiger partial charge in [0, 0.05) is 25.5 Å². The summed E-state index contributed by atoms with van der Waals surface area (Å²) in [5, 5.41) is 16.4. The number of carboxylic acid groups (broad SMARTS) is 1. The van der Waals surface area contributed by atoms with Crippen LogP contribution < -0.4 is 15.7 Å². The summed E-state index contributed by atoms with van der Waals surface area (Å²) in [5.41, 5.74) is 1.29. The molecule has 1 aromatic carbocycles. The van der Waals surface area contributed by atoms with Crippen LogP contribution in [0.4, 0.5) is 4.79 Å². The molecule has 164 valence electrons. The predicted molar refractivity (Wildman–Crippen MR) is 112 cm³/mol. The van der Waals surface area contributed by atoms with Crippen LogP contribution in [0.15, 0.2) is 30.3 Å². The number of rotatable bonds is 15. The molecule has 2 N–H and O–H groups in total. The molecule has 0 aliphatic carbocycles. The summed E-state index contributed by atoms with van der Waals surface area (Å²) >= 11 is 0. The fourth-order valence-electron chi connectivity index (χ4n) is 3.08. The van der Waals surface area contributed by atoms with Crippen molar-refractivity contribution in [1.82, 2.24) is 10.6 Å². The number of benzene rings is 1. The average molecular weight is 408 g/mol. The molecular weight excluding hydrogens is 370 g/mol. The molecule has 1 rings (SSSR count). The maximum absolute atomic E-state index is 12.0. The molecule has 1 atom stereocenters. The van der Waals surface area contributed by atoms with Gasteiger partial charge < -0.3 is 29.8 Å². The Morgan fingerprint density at radius 2 is 1.72 bits per heavy atom. The van der Waals surface area contributed by atoms with Crippen molar-refractivity contribution in [2.75, 3.05) is 47.4 Å². The van der Waals surface area contributed by atoms with Crippen molar-refractivity contribution >= 4 is 12.0 Å². The number of likely N-dealkylation sites (N-methyl/N-ethyl adjacent to an activating group) is 1. The number of carbonyl (C=O) groups is 2. The van der Waals surface area contributed by atoms with Gasteiger partial charge in [0.15, 0.2) is 0 Å². The van der Waals surface area contributed by atoms with Crippen molar-refractivity contribution in [2.24, 2.45) is 0 Å². The van der Waals surface area contributed by atoms with E-state index in [-0.39, 0.29) is 12.5 Å². The topological polar surface area (TPSA) is 90.5 Å². The molecule has 0 aromatic heterocycles. The molecule has 0 saturated carbocycles. The monoisotopic (exact) mass is 407 g/mol. The van der Waals surface area contributed by atoms with E-state index in [1.54, 1.807) is 0 Å². The minimum absolute atomic E-state index is 0.187. The van der Waals surface area contributed by atoms with Gasteiger partial charge in [-0.05, 0) is 24.8 Å². The normalized spacial score (nSPS) is 12.4. The van der Waals surface area contributed by atoms with Crippen molar-refractivity contribution in [3.05, 3.63) is 35.9 Å². The highest BCUT2D eigenvalue weighted by Gasteiger charge is 2.20. The van der Waals surface area contributed by atoms with Crippen LogP contribution >= 0.6 is 0 Å². The van der Waals surface area contributed by atoms with Crippen LogP contribution in [-0.4, -0.2) is 70.0 Å². The van der Waals surface area contributed by atoms with E-state index in [0.717, 1.165) is 45.3 Å². The third kappa shape index (κ3) is 14.5. The summed E-state index contributed by atoms with van der Waals surface area (Å²) in [4.78, 5) is 22.9. The number of aliphatic carboxylic acids is 1. The average Bonchev–Trinajstić information content (AvgIpc) is 2.62. The SMILES string of the molecule is C[N+](C)(C)CC(CC(=O)[O-])NC(=O)NCCCCCCOCCc1ccccc1. The zero-order valence-corrected chi connectivity index (χ0v) is 18.1. The molecule has 29 heavy (non-hydrogen) atoms. The first-order valence-electron chi connectivity index (χ1n) is 10.4.